The quantitative estimate of drug-likeness (QED) is 0.0875. The molecule has 0 spiro atoms. The number of hydrogen-bond acceptors (Lipinski definition) is 13. The zero-order valence-corrected chi connectivity index (χ0v) is 21.9. The molecule has 35 heavy (non-hydrogen) atoms. The molecule has 1 saturated heterocycles. The van der Waals surface area contributed by atoms with Crippen LogP contribution in [-0.2, 0) is 38.6 Å². The molecule has 1 aliphatic rings. The largest absolute Gasteiger partial charge is 1.00 e. The standard InChI is InChI=1S/C11H18N5O14P3.CH4.Na.H/c1-15-3-16(8-5(15)9(19)14-11(12)13-8)10-7(18)6(17)4(28-10)2-27-32(23,24)30-33(25,26)29-31(20,21)22;;;/h3-4,6-7,10,17-18H,2H2,1H3,(H6-,12,13,14,19,20,21,22,23,24,25,26);1H4;;/q;;+1;-1/t4-,6?,7+,10-;;;/m1.../s1. The van der Waals surface area contributed by atoms with Crippen LogP contribution in [0.5, 0.6) is 5.88 Å². The van der Waals surface area contributed by atoms with Crippen molar-refractivity contribution in [1.29, 1.82) is 0 Å². The maximum Gasteiger partial charge on any atom is 1.00 e. The number of aliphatic hydroxyl groups excluding tert-OH is 2. The minimum atomic E-state index is -5.73. The molecule has 0 bridgehead atoms. The first-order chi connectivity index (χ1) is 15.0. The topological polar surface area (TPSA) is 293 Å². The molecular weight excluding hydrogens is 554 g/mol. The minimum absolute atomic E-state index is 0. The number of phosphoric ester groups is 1. The fourth-order valence-electron chi connectivity index (χ4n) is 2.98. The number of rotatable bonds is 8. The van der Waals surface area contributed by atoms with E-state index in [1.807, 2.05) is 0 Å². The van der Waals surface area contributed by atoms with E-state index in [-0.39, 0.29) is 55.5 Å². The second-order valence-corrected chi connectivity index (χ2v) is 11.0. The molecule has 6 atom stereocenters. The number of nitrogens with two attached hydrogens (primary N) is 1. The van der Waals surface area contributed by atoms with E-state index in [2.05, 4.69) is 23.1 Å². The van der Waals surface area contributed by atoms with Crippen molar-refractivity contribution in [3.8, 4) is 5.88 Å². The molecule has 196 valence electrons. The Morgan fingerprint density at radius 1 is 1.17 bits per heavy atom. The summed E-state index contributed by atoms with van der Waals surface area (Å²) in [7, 11) is -15.3. The molecule has 3 rings (SSSR count). The van der Waals surface area contributed by atoms with Gasteiger partial charge in [-0.25, -0.2) is 23.2 Å². The Morgan fingerprint density at radius 2 is 1.77 bits per heavy atom. The van der Waals surface area contributed by atoms with Gasteiger partial charge in [0.15, 0.2) is 11.8 Å². The third-order valence-corrected chi connectivity index (χ3v) is 7.98. The predicted octanol–water partition coefficient (Wildman–Crippen LogP) is -5.37. The zero-order chi connectivity index (χ0) is 24.9. The number of imidazole rings is 1. The van der Waals surface area contributed by atoms with Crippen LogP contribution in [0.15, 0.2) is 6.33 Å². The van der Waals surface area contributed by atoms with Crippen molar-refractivity contribution < 1.29 is 102 Å². The molecule has 1 aliphatic heterocycles. The molecule has 0 radical (unpaired) electrons. The molecule has 0 aromatic carbocycles. The number of aromatic nitrogens is 4. The molecule has 2 aromatic rings. The first-order valence-electron chi connectivity index (χ1n) is 8.50. The maximum absolute atomic E-state index is 12.1. The summed E-state index contributed by atoms with van der Waals surface area (Å²) in [6.07, 6.45) is -5.06. The summed E-state index contributed by atoms with van der Waals surface area (Å²) in [4.78, 5) is 43.1. The van der Waals surface area contributed by atoms with Gasteiger partial charge >= 0.3 is 58.7 Å². The Balaban J connectivity index is 0.00000408. The Morgan fingerprint density at radius 3 is 2.34 bits per heavy atom. The van der Waals surface area contributed by atoms with Gasteiger partial charge in [0, 0.05) is 5.88 Å². The molecule has 8 N–H and O–H groups in total. The average Bonchev–Trinajstić information content (AvgIpc) is 3.07. The van der Waals surface area contributed by atoms with E-state index in [1.54, 1.807) is 0 Å². The van der Waals surface area contributed by atoms with Crippen LogP contribution in [0.1, 0.15) is 15.1 Å². The van der Waals surface area contributed by atoms with Crippen molar-refractivity contribution in [2.75, 3.05) is 12.3 Å². The van der Waals surface area contributed by atoms with Crippen LogP contribution in [0.2, 0.25) is 0 Å². The van der Waals surface area contributed by atoms with Crippen LogP contribution < -0.4 is 45.0 Å². The summed E-state index contributed by atoms with van der Waals surface area (Å²) < 4.78 is 53.3. The molecule has 2 aromatic heterocycles. The number of aryl methyl sites for hydroxylation is 1. The van der Waals surface area contributed by atoms with Crippen molar-refractivity contribution in [3.05, 3.63) is 6.33 Å². The first kappa shape index (κ1) is 32.5. The van der Waals surface area contributed by atoms with Gasteiger partial charge in [-0.15, -0.1) is 0 Å². The smallest absolute Gasteiger partial charge is 1.00 e. The van der Waals surface area contributed by atoms with Crippen molar-refractivity contribution >= 4 is 40.6 Å². The van der Waals surface area contributed by atoms with E-state index in [4.69, 9.17) is 25.2 Å². The summed E-state index contributed by atoms with van der Waals surface area (Å²) in [6.45, 7) is -1.01. The monoisotopic (exact) mass is 577 g/mol. The summed E-state index contributed by atoms with van der Waals surface area (Å²) >= 11 is 0. The number of anilines is 1. The van der Waals surface area contributed by atoms with E-state index >= 15 is 0 Å². The second-order valence-electron chi connectivity index (χ2n) is 6.63. The second kappa shape index (κ2) is 11.4. The predicted molar refractivity (Wildman–Crippen MR) is 106 cm³/mol. The van der Waals surface area contributed by atoms with Crippen LogP contribution in [0.25, 0.3) is 11.2 Å². The summed E-state index contributed by atoms with van der Waals surface area (Å²) in [5.74, 6) is -1.10. The van der Waals surface area contributed by atoms with Crippen molar-refractivity contribution in [2.45, 2.75) is 32.0 Å². The normalized spacial score (nSPS) is 25.9. The Hall–Kier alpha value is -0.560. The summed E-state index contributed by atoms with van der Waals surface area (Å²) in [5, 5.41) is 32.6. The number of phosphoric acid groups is 3. The molecule has 23 heteroatoms. The number of ether oxygens (including phenoxy) is 1. The fraction of sp³-hybridized carbons (Fsp3) is 0.583. The van der Waals surface area contributed by atoms with Gasteiger partial charge in [0.2, 0.25) is 6.23 Å². The zero-order valence-electron chi connectivity index (χ0n) is 18.3. The third kappa shape index (κ3) is 7.72. The van der Waals surface area contributed by atoms with Gasteiger partial charge < -0.3 is 46.8 Å². The van der Waals surface area contributed by atoms with Gasteiger partial charge in [-0.3, -0.25) is 9.09 Å². The average molecular weight is 577 g/mol. The van der Waals surface area contributed by atoms with E-state index in [0.29, 0.717) is 0 Å². The number of hydrogen-bond donors (Lipinski definition) is 7. The minimum Gasteiger partial charge on any atom is -1.00 e. The molecule has 3 unspecified atom stereocenters. The van der Waals surface area contributed by atoms with Crippen molar-refractivity contribution in [3.63, 3.8) is 0 Å². The molecule has 0 aliphatic carbocycles. The van der Waals surface area contributed by atoms with Gasteiger partial charge in [0.05, 0.1) is 13.7 Å². The number of fused-ring (bicyclic) bond motifs is 1. The van der Waals surface area contributed by atoms with Crippen LogP contribution in [0, 0.1) is 0 Å². The molecule has 0 amide bonds. The van der Waals surface area contributed by atoms with Gasteiger partial charge in [-0.05, 0) is 0 Å². The van der Waals surface area contributed by atoms with Crippen LogP contribution >= 0.6 is 23.5 Å². The molecule has 3 heterocycles. The van der Waals surface area contributed by atoms with E-state index in [9.17, 15) is 33.9 Å². The van der Waals surface area contributed by atoms with E-state index in [0.717, 1.165) is 4.57 Å². The van der Waals surface area contributed by atoms with Crippen LogP contribution in [0.4, 0.5) is 5.95 Å². The number of nitrogen functional groups attached to an aromatic ring is 1. The van der Waals surface area contributed by atoms with Gasteiger partial charge in [0.25, 0.3) is 5.95 Å². The van der Waals surface area contributed by atoms with Crippen LogP contribution in [0.3, 0.4) is 0 Å². The molecule has 0 saturated carbocycles. The van der Waals surface area contributed by atoms with E-state index in [1.165, 1.54) is 17.9 Å². The molecule has 1 fully saturated rings. The first-order valence-corrected chi connectivity index (χ1v) is 13.0. The molecule has 19 nitrogen and oxygen atoms in total. The SMILES string of the molecule is C.Cn1c[n+]([C@@H]2O[C@H](COP(=O)(O)OP(=O)(O)OP(=O)(O)O)C(O)[C@@H]2O)c2nc(N)nc([O-])c21.[H-].[Na+]. The Bertz CT molecular complexity index is 1210. The maximum atomic E-state index is 12.1. The summed E-state index contributed by atoms with van der Waals surface area (Å²) in [5.41, 5.74) is 5.42. The number of aliphatic hydroxyl groups is 2. The summed E-state index contributed by atoms with van der Waals surface area (Å²) in [6, 6.07) is 0. The Kier molecular flexibility index (Phi) is 10.6. The van der Waals surface area contributed by atoms with Crippen molar-refractivity contribution in [2.24, 2.45) is 7.05 Å². The van der Waals surface area contributed by atoms with Gasteiger partial charge in [-0.1, -0.05) is 12.4 Å². The molecular formula is C12H23N5NaO14P3. The third-order valence-electron chi connectivity index (χ3n) is 4.18. The van der Waals surface area contributed by atoms with Gasteiger partial charge in [0.1, 0.15) is 18.3 Å². The van der Waals surface area contributed by atoms with Crippen LogP contribution in [-0.4, -0.2) is 69.2 Å². The Labute approximate surface area is 220 Å². The van der Waals surface area contributed by atoms with E-state index < -0.39 is 60.5 Å². The van der Waals surface area contributed by atoms with Gasteiger partial charge in [-0.2, -0.15) is 8.62 Å². The van der Waals surface area contributed by atoms with Crippen molar-refractivity contribution in [1.82, 2.24) is 14.5 Å². The fourth-order valence-corrected chi connectivity index (χ4v) is 6.01. The number of nitrogens with zero attached hydrogens (tertiary/aromatic N) is 4.